The minimum absolute atomic E-state index is 0.00423. The van der Waals surface area contributed by atoms with E-state index in [1.807, 2.05) is 0 Å². The Hall–Kier alpha value is -17.3. The number of ether oxygens (including phenoxy) is 2. The molecule has 4 aliphatic heterocycles. The van der Waals surface area contributed by atoms with Gasteiger partial charge in [0.15, 0.2) is 51.9 Å². The third kappa shape index (κ3) is 22.1. The number of hydrogen-bond donors (Lipinski definition) is 0. The number of nitrogens with zero attached hydrogens (tertiary/aromatic N) is 21. The van der Waals surface area contributed by atoms with Gasteiger partial charge in [-0.15, -0.1) is 13.2 Å². The number of pyridine rings is 1. The van der Waals surface area contributed by atoms with E-state index in [0.717, 1.165) is 42.0 Å². The number of anilines is 4. The first-order valence-electron chi connectivity index (χ1n) is 44.9. The molecule has 762 valence electrons. The predicted octanol–water partition coefficient (Wildman–Crippen LogP) is 20.4. The van der Waals surface area contributed by atoms with Crippen LogP contribution in [0.1, 0.15) is 95.7 Å². The van der Waals surface area contributed by atoms with Crippen molar-refractivity contribution in [1.82, 2.24) is 83.1 Å². The van der Waals surface area contributed by atoms with Gasteiger partial charge in [-0.1, -0.05) is 152 Å². The van der Waals surface area contributed by atoms with Gasteiger partial charge in [0.2, 0.25) is 29.5 Å². The second kappa shape index (κ2) is 39.9. The first-order valence-corrected chi connectivity index (χ1v) is 44.9. The van der Waals surface area contributed by atoms with Crippen LogP contribution in [0.3, 0.4) is 0 Å². The molecule has 16 aromatic rings. The average molecular weight is 2070 g/mol. The van der Waals surface area contributed by atoms with Crippen LogP contribution >= 0.6 is 0 Å². The summed E-state index contributed by atoms with van der Waals surface area (Å²) in [6, 6.07) is 47.2. The molecule has 28 nitrogen and oxygen atoms in total. The van der Waals surface area contributed by atoms with E-state index >= 15 is 0 Å². The first kappa shape index (κ1) is 102. The number of aromatic nitrogens is 17. The Morgan fingerprint density at radius 2 is 0.664 bits per heavy atom. The predicted molar refractivity (Wildman–Crippen MR) is 498 cm³/mol. The number of hydrogen-bond acceptors (Lipinski definition) is 20. The number of aryl methyl sites for hydroxylation is 4. The van der Waals surface area contributed by atoms with Crippen molar-refractivity contribution >= 4 is 52.7 Å². The summed E-state index contributed by atoms with van der Waals surface area (Å²) < 4.78 is 262. The standard InChI is InChI=1S/C27H20F5N5O.C26H20F3N5O2.C25H17F6N5O2.C24H17F5N6O2/c1-36-14-21(27(30,31)32)34-24(36)16-7-5-15(6-8-16)13-37-22(38)9-18-12-33-23(35-25(18)37)19-4-2-3-17-10-26(28,29)11-20(17)19;1-15(35)19-5-3-4-6-20(19)23-30-12-18-11-22(36)34(25(18)32-23)13-16-7-9-17(10-8-16)24-31-21(14-33(24)2)26(27,28)29;1-35-13-19(24(26,27)28)33-22(35)15-8-6-14(7-9-15)12-36-20(37)10-16-11-32-21(34-23(16)36)17-4-2-3-5-18(17)38-25(29,30)31;1-34-12-17(24(27,28)29)32-20(34)14-6-4-13(5-7-14)11-35-18(36)9-15-10-31-19(33-21(15)35)16-3-2-8-30-22(16)37-23(25)26/h2-8,12,14H,9-11,13H2,1H3;3-10,12,14H,11,13H2,1-2H3;2-9,11,13H,10,12H2,1H3;2-8,10,12,23H,9,11H2,1H3. The monoisotopic (exact) mass is 2070 g/mol. The molecule has 1 aliphatic carbocycles. The summed E-state index contributed by atoms with van der Waals surface area (Å²) in [7, 11) is 5.93. The highest BCUT2D eigenvalue weighted by Gasteiger charge is 2.44. The van der Waals surface area contributed by atoms with Gasteiger partial charge in [-0.05, 0) is 64.6 Å². The zero-order valence-electron chi connectivity index (χ0n) is 78.0. The van der Waals surface area contributed by atoms with Gasteiger partial charge in [-0.25, -0.2) is 73.6 Å². The number of imidazole rings is 4. The van der Waals surface area contributed by atoms with Gasteiger partial charge in [0, 0.05) is 158 Å². The van der Waals surface area contributed by atoms with Gasteiger partial charge in [0.1, 0.15) is 52.3 Å². The van der Waals surface area contributed by atoms with Crippen LogP contribution in [-0.4, -0.2) is 131 Å². The number of benzene rings is 7. The molecular weight excluding hydrogens is 1990 g/mol. The molecule has 0 saturated heterocycles. The van der Waals surface area contributed by atoms with Crippen molar-refractivity contribution < 1.29 is 117 Å². The van der Waals surface area contributed by atoms with Gasteiger partial charge in [0.25, 0.3) is 5.92 Å². The second-order valence-corrected chi connectivity index (χ2v) is 34.9. The van der Waals surface area contributed by atoms with Gasteiger partial charge in [-0.2, -0.15) is 61.5 Å². The third-order valence-corrected chi connectivity index (χ3v) is 24.4. The summed E-state index contributed by atoms with van der Waals surface area (Å²) in [5.41, 5.74) is 6.14. The number of amides is 4. The van der Waals surface area contributed by atoms with Gasteiger partial charge in [-0.3, -0.25) is 43.6 Å². The summed E-state index contributed by atoms with van der Waals surface area (Å²) in [5.74, 6) is -1.82. The summed E-state index contributed by atoms with van der Waals surface area (Å²) in [5, 5.41) is 0. The Balaban J connectivity index is 0.000000130. The Morgan fingerprint density at radius 3 is 0.993 bits per heavy atom. The van der Waals surface area contributed by atoms with Crippen LogP contribution in [0, 0.1) is 0 Å². The lowest BCUT2D eigenvalue weighted by Gasteiger charge is -2.18. The van der Waals surface area contributed by atoms with Crippen molar-refractivity contribution in [3.63, 3.8) is 0 Å². The van der Waals surface area contributed by atoms with Crippen LogP contribution in [0.25, 0.3) is 91.1 Å². The van der Waals surface area contributed by atoms with Crippen LogP contribution in [0.2, 0.25) is 0 Å². The van der Waals surface area contributed by atoms with E-state index in [9.17, 15) is 107 Å². The molecule has 0 saturated carbocycles. The van der Waals surface area contributed by atoms with Crippen LogP contribution in [-0.2, 0) is 137 Å². The Morgan fingerprint density at radius 1 is 0.356 bits per heavy atom. The third-order valence-electron chi connectivity index (χ3n) is 24.4. The molecule has 0 radical (unpaired) electrons. The van der Waals surface area contributed by atoms with Crippen molar-refractivity contribution in [3.05, 3.63) is 316 Å². The molecule has 149 heavy (non-hydrogen) atoms. The average Bonchev–Trinajstić information content (AvgIpc) is 1.62. The highest BCUT2D eigenvalue weighted by atomic mass is 19.4. The summed E-state index contributed by atoms with van der Waals surface area (Å²) in [6.45, 7) is -0.995. The molecule has 0 atom stereocenters. The topological polar surface area (TPSA) is 304 Å². The lowest BCUT2D eigenvalue weighted by molar-refractivity contribution is -0.274. The number of fused-ring (bicyclic) bond motifs is 5. The lowest BCUT2D eigenvalue weighted by atomic mass is 10.0. The van der Waals surface area contributed by atoms with E-state index in [-0.39, 0.29) is 158 Å². The van der Waals surface area contributed by atoms with E-state index in [1.54, 1.807) is 157 Å². The molecule has 4 amide bonds. The van der Waals surface area contributed by atoms with E-state index < -0.39 is 72.1 Å². The molecule has 47 heteroatoms. The van der Waals surface area contributed by atoms with Crippen LogP contribution in [0.15, 0.2) is 232 Å². The molecule has 21 rings (SSSR count). The SMILES string of the molecule is CC(=O)c1ccccc1-c1ncc2c(n1)N(Cc1ccc(-c3nc(C(F)(F)F)cn3C)cc1)C(=O)C2.Cn1cc(C(F)(F)F)nc1-c1ccc(CN2C(=O)Cc3cnc(-c4cccc5c4CC(F)(F)C5)nc32)cc1.Cn1cc(C(F)(F)F)nc1-c1ccc(CN2C(=O)Cc3cnc(-c4ccccc4OC(F)(F)F)nc32)cc1.Cn1cc(C(F)(F)F)nc1-c1ccc(CN2C(=O)Cc3cnc(-c4cccnc4OC(F)F)nc32)cc1. The largest absolute Gasteiger partial charge is 0.573 e. The fourth-order valence-electron chi connectivity index (χ4n) is 17.4. The normalized spacial score (nSPS) is 14.1. The fourth-order valence-corrected chi connectivity index (χ4v) is 17.4. The molecule has 7 aromatic carbocycles. The minimum atomic E-state index is -4.91. The van der Waals surface area contributed by atoms with E-state index in [1.165, 1.54) is 117 Å². The van der Waals surface area contributed by atoms with Crippen molar-refractivity contribution in [2.24, 2.45) is 28.2 Å². The molecule has 0 spiro atoms. The number of Topliss-reactive ketones (excluding diaryl/α,β-unsaturated/α-hetero) is 1. The van der Waals surface area contributed by atoms with Gasteiger partial charge < -0.3 is 27.7 Å². The molecular formula is C102H74F19N21O7. The lowest BCUT2D eigenvalue weighted by Crippen LogP contribution is -2.26. The maximum atomic E-state index is 14.1. The van der Waals surface area contributed by atoms with Crippen LogP contribution in [0.4, 0.5) is 107 Å². The van der Waals surface area contributed by atoms with E-state index in [2.05, 4.69) is 74.3 Å². The number of carbonyl (C=O) groups is 5. The quantitative estimate of drug-likeness (QED) is 0.0505. The maximum absolute atomic E-state index is 14.1. The van der Waals surface area contributed by atoms with Crippen LogP contribution < -0.4 is 29.1 Å². The Bertz CT molecular complexity index is 7880. The molecule has 5 aliphatic rings. The van der Waals surface area contributed by atoms with Gasteiger partial charge >= 0.3 is 37.7 Å². The smallest absolute Gasteiger partial charge is 0.416 e. The Labute approximate surface area is 830 Å². The summed E-state index contributed by atoms with van der Waals surface area (Å²) in [4.78, 5) is 123. The summed E-state index contributed by atoms with van der Waals surface area (Å²) in [6.07, 6.45) is -12.4. The Kier molecular flexibility index (Phi) is 27.2. The van der Waals surface area contributed by atoms with Crippen molar-refractivity contribution in [1.29, 1.82) is 0 Å². The maximum Gasteiger partial charge on any atom is 0.573 e. The number of rotatable bonds is 20. The number of para-hydroxylation sites is 1. The minimum Gasteiger partial charge on any atom is -0.416 e. The highest BCUT2D eigenvalue weighted by Crippen LogP contribution is 2.45. The van der Waals surface area contributed by atoms with E-state index in [0.29, 0.717) is 107 Å². The highest BCUT2D eigenvalue weighted by molar-refractivity contribution is 6.04. The number of halogens is 19. The molecule has 0 fully saturated rings. The first-order chi connectivity index (χ1) is 70.6. The number of ketones is 1. The van der Waals surface area contributed by atoms with Crippen molar-refractivity contribution in [2.75, 3.05) is 19.6 Å². The van der Waals surface area contributed by atoms with Crippen LogP contribution in [0.5, 0.6) is 11.6 Å². The second-order valence-electron chi connectivity index (χ2n) is 34.9. The molecule has 13 heterocycles. The summed E-state index contributed by atoms with van der Waals surface area (Å²) >= 11 is 0. The van der Waals surface area contributed by atoms with Crippen molar-refractivity contribution in [3.8, 4) is 103 Å². The fraction of sp³-hybridized carbons (Fsp3) is 0.216. The molecule has 0 unspecified atom stereocenters. The molecule has 9 aromatic heterocycles. The number of carbonyl (C=O) groups excluding carboxylic acids is 5. The molecule has 0 N–H and O–H groups in total. The molecule has 0 bridgehead atoms. The van der Waals surface area contributed by atoms with E-state index in [4.69, 9.17) is 0 Å². The number of alkyl halides is 19. The van der Waals surface area contributed by atoms with Crippen molar-refractivity contribution in [2.45, 2.75) is 115 Å². The zero-order chi connectivity index (χ0) is 106. The zero-order valence-corrected chi connectivity index (χ0v) is 78.0. The van der Waals surface area contributed by atoms with Gasteiger partial charge in [0.05, 0.1) is 63.0 Å².